The van der Waals surface area contributed by atoms with E-state index in [-0.39, 0.29) is 17.6 Å². The molecule has 1 aliphatic rings. The van der Waals surface area contributed by atoms with Crippen LogP contribution in [0.4, 0.5) is 0 Å². The van der Waals surface area contributed by atoms with E-state index < -0.39 is 12.0 Å². The molecule has 6 nitrogen and oxygen atoms in total. The number of carbonyl (C=O) groups is 2. The molecule has 2 rings (SSSR count). The fourth-order valence-electron chi connectivity index (χ4n) is 2.07. The third-order valence-electron chi connectivity index (χ3n) is 3.13. The van der Waals surface area contributed by atoms with Crippen molar-refractivity contribution in [1.82, 2.24) is 10.1 Å². The largest absolute Gasteiger partial charge is 0.480 e. The molecule has 6 heteroatoms. The van der Waals surface area contributed by atoms with Crippen LogP contribution in [-0.4, -0.2) is 39.6 Å². The standard InChI is InChI=1S/C12H16N2O4/c1-7(2)8-6-10(18-13-8)11(15)14-5-3-4-9(14)12(16)17/h6-7,9H,3-5H2,1-2H3,(H,16,17)/t9-/m1/s1. The molecule has 1 atom stereocenters. The van der Waals surface area contributed by atoms with Gasteiger partial charge in [-0.15, -0.1) is 0 Å². The van der Waals surface area contributed by atoms with Gasteiger partial charge in [0.1, 0.15) is 6.04 Å². The highest BCUT2D eigenvalue weighted by Crippen LogP contribution is 2.22. The maximum absolute atomic E-state index is 12.1. The van der Waals surface area contributed by atoms with Gasteiger partial charge in [-0.3, -0.25) is 4.79 Å². The molecule has 0 aliphatic carbocycles. The summed E-state index contributed by atoms with van der Waals surface area (Å²) < 4.78 is 4.99. The van der Waals surface area contributed by atoms with Crippen molar-refractivity contribution in [2.75, 3.05) is 6.54 Å². The van der Waals surface area contributed by atoms with Crippen LogP contribution in [0.2, 0.25) is 0 Å². The first-order valence-electron chi connectivity index (χ1n) is 6.01. The lowest BCUT2D eigenvalue weighted by Gasteiger charge is -2.19. The average Bonchev–Trinajstić information content (AvgIpc) is 2.97. The number of likely N-dealkylation sites (tertiary alicyclic amines) is 1. The molecule has 0 aromatic carbocycles. The van der Waals surface area contributed by atoms with Crippen molar-refractivity contribution in [3.05, 3.63) is 17.5 Å². The summed E-state index contributed by atoms with van der Waals surface area (Å²) in [6.07, 6.45) is 1.19. The smallest absolute Gasteiger partial charge is 0.326 e. The lowest BCUT2D eigenvalue weighted by molar-refractivity contribution is -0.141. The van der Waals surface area contributed by atoms with Crippen LogP contribution in [-0.2, 0) is 4.79 Å². The van der Waals surface area contributed by atoms with Crippen LogP contribution >= 0.6 is 0 Å². The number of carbonyl (C=O) groups excluding carboxylic acids is 1. The van der Waals surface area contributed by atoms with Crippen LogP contribution < -0.4 is 0 Å². The minimum atomic E-state index is -0.968. The van der Waals surface area contributed by atoms with Gasteiger partial charge in [0.2, 0.25) is 5.76 Å². The second kappa shape index (κ2) is 4.80. The number of amides is 1. The lowest BCUT2D eigenvalue weighted by atomic mass is 10.1. The van der Waals surface area contributed by atoms with E-state index in [1.807, 2.05) is 13.8 Å². The molecule has 0 spiro atoms. The van der Waals surface area contributed by atoms with E-state index in [0.29, 0.717) is 25.1 Å². The van der Waals surface area contributed by atoms with Gasteiger partial charge in [-0.2, -0.15) is 0 Å². The predicted octanol–water partition coefficient (Wildman–Crippen LogP) is 1.49. The molecule has 1 aromatic heterocycles. The molecule has 1 saturated heterocycles. The van der Waals surface area contributed by atoms with Gasteiger partial charge in [0.15, 0.2) is 0 Å². The Bertz CT molecular complexity index is 466. The Morgan fingerprint density at radius 1 is 1.56 bits per heavy atom. The first kappa shape index (κ1) is 12.6. The molecular weight excluding hydrogens is 236 g/mol. The molecule has 1 fully saturated rings. The maximum atomic E-state index is 12.1. The van der Waals surface area contributed by atoms with E-state index in [0.717, 1.165) is 0 Å². The molecule has 18 heavy (non-hydrogen) atoms. The van der Waals surface area contributed by atoms with Gasteiger partial charge in [-0.05, 0) is 18.8 Å². The van der Waals surface area contributed by atoms with Crippen molar-refractivity contribution in [2.45, 2.75) is 38.6 Å². The third kappa shape index (κ3) is 2.23. The Labute approximate surface area is 105 Å². The first-order chi connectivity index (χ1) is 8.50. The van der Waals surface area contributed by atoms with Crippen LogP contribution in [0.5, 0.6) is 0 Å². The number of rotatable bonds is 3. The highest BCUT2D eigenvalue weighted by atomic mass is 16.5. The summed E-state index contributed by atoms with van der Waals surface area (Å²) >= 11 is 0. The number of hydrogen-bond donors (Lipinski definition) is 1. The number of nitrogens with zero attached hydrogens (tertiary/aromatic N) is 2. The second-order valence-electron chi connectivity index (χ2n) is 4.77. The summed E-state index contributed by atoms with van der Waals surface area (Å²) in [5, 5.41) is 12.8. The van der Waals surface area contributed by atoms with Crippen molar-refractivity contribution >= 4 is 11.9 Å². The second-order valence-corrected chi connectivity index (χ2v) is 4.77. The lowest BCUT2D eigenvalue weighted by Crippen LogP contribution is -2.40. The highest BCUT2D eigenvalue weighted by Gasteiger charge is 2.36. The fraction of sp³-hybridized carbons (Fsp3) is 0.583. The molecule has 2 heterocycles. The maximum Gasteiger partial charge on any atom is 0.326 e. The molecule has 98 valence electrons. The van der Waals surface area contributed by atoms with E-state index in [2.05, 4.69) is 5.16 Å². The van der Waals surface area contributed by atoms with E-state index in [9.17, 15) is 9.59 Å². The normalized spacial score (nSPS) is 19.5. The summed E-state index contributed by atoms with van der Waals surface area (Å²) in [6, 6.07) is 0.842. The molecule has 0 bridgehead atoms. The van der Waals surface area contributed by atoms with Crippen molar-refractivity contribution < 1.29 is 19.2 Å². The minimum absolute atomic E-state index is 0.117. The summed E-state index contributed by atoms with van der Waals surface area (Å²) in [4.78, 5) is 24.5. The van der Waals surface area contributed by atoms with Crippen molar-refractivity contribution in [3.63, 3.8) is 0 Å². The molecule has 1 amide bonds. The number of carboxylic acid groups (broad SMARTS) is 1. The van der Waals surface area contributed by atoms with Crippen LogP contribution in [0.15, 0.2) is 10.6 Å². The van der Waals surface area contributed by atoms with Crippen LogP contribution in [0.1, 0.15) is 48.9 Å². The molecule has 1 N–H and O–H groups in total. The predicted molar refractivity (Wildman–Crippen MR) is 62.3 cm³/mol. The number of carboxylic acids is 1. The highest BCUT2D eigenvalue weighted by molar-refractivity contribution is 5.94. The van der Waals surface area contributed by atoms with E-state index in [1.54, 1.807) is 6.07 Å². The zero-order valence-electron chi connectivity index (χ0n) is 10.4. The molecular formula is C12H16N2O4. The molecule has 0 radical (unpaired) electrons. The van der Waals surface area contributed by atoms with Crippen molar-refractivity contribution in [1.29, 1.82) is 0 Å². The Balaban J connectivity index is 2.17. The van der Waals surface area contributed by atoms with Gasteiger partial charge >= 0.3 is 5.97 Å². The zero-order valence-corrected chi connectivity index (χ0v) is 10.4. The van der Waals surface area contributed by atoms with Crippen LogP contribution in [0.25, 0.3) is 0 Å². The molecule has 0 saturated carbocycles. The number of aromatic nitrogens is 1. The Morgan fingerprint density at radius 3 is 2.83 bits per heavy atom. The first-order valence-corrected chi connectivity index (χ1v) is 6.01. The average molecular weight is 252 g/mol. The van der Waals surface area contributed by atoms with Crippen molar-refractivity contribution in [3.8, 4) is 0 Å². The van der Waals surface area contributed by atoms with Gasteiger partial charge in [0.25, 0.3) is 5.91 Å². The van der Waals surface area contributed by atoms with Gasteiger partial charge in [0.05, 0.1) is 5.69 Å². The number of hydrogen-bond acceptors (Lipinski definition) is 4. The Kier molecular flexibility index (Phi) is 3.36. The SMILES string of the molecule is CC(C)c1cc(C(=O)N2CCC[C@@H]2C(=O)O)on1. The topological polar surface area (TPSA) is 83.6 Å². The Hall–Kier alpha value is -1.85. The summed E-state index contributed by atoms with van der Waals surface area (Å²) in [7, 11) is 0. The molecule has 0 unspecified atom stereocenters. The third-order valence-corrected chi connectivity index (χ3v) is 3.13. The molecule has 1 aliphatic heterocycles. The summed E-state index contributed by atoms with van der Waals surface area (Å²) in [6.45, 7) is 4.34. The molecule has 1 aromatic rings. The minimum Gasteiger partial charge on any atom is -0.480 e. The van der Waals surface area contributed by atoms with E-state index in [1.165, 1.54) is 4.90 Å². The summed E-state index contributed by atoms with van der Waals surface area (Å²) in [5.74, 6) is -1.07. The van der Waals surface area contributed by atoms with Gasteiger partial charge in [-0.1, -0.05) is 19.0 Å². The van der Waals surface area contributed by atoms with E-state index in [4.69, 9.17) is 9.63 Å². The van der Waals surface area contributed by atoms with Gasteiger partial charge < -0.3 is 14.5 Å². The van der Waals surface area contributed by atoms with Crippen LogP contribution in [0, 0.1) is 0 Å². The zero-order chi connectivity index (χ0) is 13.3. The fourth-order valence-corrected chi connectivity index (χ4v) is 2.07. The quantitative estimate of drug-likeness (QED) is 0.881. The van der Waals surface area contributed by atoms with Gasteiger partial charge in [0, 0.05) is 12.6 Å². The van der Waals surface area contributed by atoms with Crippen LogP contribution in [0.3, 0.4) is 0 Å². The number of aliphatic carboxylic acids is 1. The monoisotopic (exact) mass is 252 g/mol. The Morgan fingerprint density at radius 2 is 2.28 bits per heavy atom. The van der Waals surface area contributed by atoms with E-state index >= 15 is 0 Å². The summed E-state index contributed by atoms with van der Waals surface area (Å²) in [5.41, 5.74) is 0.699. The van der Waals surface area contributed by atoms with Gasteiger partial charge in [-0.25, -0.2) is 4.79 Å². The van der Waals surface area contributed by atoms with Crippen molar-refractivity contribution in [2.24, 2.45) is 0 Å².